The molecule has 2 aromatic rings. The van der Waals surface area contributed by atoms with Gasteiger partial charge < -0.3 is 10.6 Å². The molecule has 1 amide bonds. The Labute approximate surface area is 179 Å². The first kappa shape index (κ1) is 21.7. The predicted octanol–water partition coefficient (Wildman–Crippen LogP) is 2.75. The van der Waals surface area contributed by atoms with Crippen LogP contribution in [0.2, 0.25) is 0 Å². The van der Waals surface area contributed by atoms with Crippen molar-refractivity contribution in [2.45, 2.75) is 51.9 Å². The van der Waals surface area contributed by atoms with Crippen molar-refractivity contribution in [3.05, 3.63) is 58.2 Å². The molecule has 0 saturated carbocycles. The fourth-order valence-electron chi connectivity index (χ4n) is 4.37. The number of carbonyl (C=O) groups is 1. The number of hydrogen-bond acceptors (Lipinski definition) is 4. The molecule has 1 unspecified atom stereocenters. The molecular formula is C23H31ClN4O. The van der Waals surface area contributed by atoms with Crippen LogP contribution in [0, 0.1) is 12.8 Å². The number of benzene rings is 1. The van der Waals surface area contributed by atoms with Crippen LogP contribution in [0.4, 0.5) is 0 Å². The van der Waals surface area contributed by atoms with Crippen LogP contribution in [0.25, 0.3) is 0 Å². The summed E-state index contributed by atoms with van der Waals surface area (Å²) in [4.78, 5) is 21.6. The van der Waals surface area contributed by atoms with Gasteiger partial charge in [-0.15, -0.1) is 12.4 Å². The summed E-state index contributed by atoms with van der Waals surface area (Å²) in [6.45, 7) is 4.92. The number of carbonyl (C=O) groups excluding carboxylic acids is 1. The number of hydrogen-bond donors (Lipinski definition) is 2. The Morgan fingerprint density at radius 3 is 2.72 bits per heavy atom. The quantitative estimate of drug-likeness (QED) is 0.731. The number of aryl methyl sites for hydroxylation is 2. The average Bonchev–Trinajstić information content (AvgIpc) is 3.35. The molecule has 6 heteroatoms. The lowest BCUT2D eigenvalue weighted by Gasteiger charge is -2.10. The van der Waals surface area contributed by atoms with Crippen molar-refractivity contribution in [2.24, 2.45) is 5.92 Å². The molecule has 1 fully saturated rings. The Kier molecular flexibility index (Phi) is 7.62. The van der Waals surface area contributed by atoms with E-state index in [0.29, 0.717) is 19.4 Å². The average molecular weight is 415 g/mol. The van der Waals surface area contributed by atoms with E-state index in [9.17, 15) is 4.79 Å². The summed E-state index contributed by atoms with van der Waals surface area (Å²) < 4.78 is 0. The number of rotatable bonds is 7. The molecule has 1 aliphatic heterocycles. The van der Waals surface area contributed by atoms with Gasteiger partial charge in [-0.2, -0.15) is 0 Å². The molecule has 1 aromatic heterocycles. The van der Waals surface area contributed by atoms with Crippen molar-refractivity contribution in [3.63, 3.8) is 0 Å². The van der Waals surface area contributed by atoms with Crippen LogP contribution in [-0.4, -0.2) is 35.5 Å². The number of halogens is 1. The van der Waals surface area contributed by atoms with Gasteiger partial charge in [-0.05, 0) is 74.7 Å². The highest BCUT2D eigenvalue weighted by molar-refractivity contribution is 5.85. The largest absolute Gasteiger partial charge is 0.355 e. The summed E-state index contributed by atoms with van der Waals surface area (Å²) in [5.74, 6) is 1.66. The van der Waals surface area contributed by atoms with E-state index < -0.39 is 0 Å². The van der Waals surface area contributed by atoms with Gasteiger partial charge in [0.2, 0.25) is 5.91 Å². The van der Waals surface area contributed by atoms with Crippen LogP contribution in [0.5, 0.6) is 0 Å². The molecular weight excluding hydrogens is 384 g/mol. The van der Waals surface area contributed by atoms with E-state index in [-0.39, 0.29) is 18.3 Å². The van der Waals surface area contributed by atoms with Gasteiger partial charge >= 0.3 is 0 Å². The number of amides is 1. The standard InChI is InChI=1S/C23H30N4O.ClH/c1-16-20-3-2-4-21(20)27-22(26-16)10-12-25-23(28)14-18-7-5-17(6-8-18)13-19-9-11-24-15-19;/h5-8,19,24H,2-4,9-15H2,1H3,(H,25,28);1H. The summed E-state index contributed by atoms with van der Waals surface area (Å²) in [5, 5.41) is 6.43. The maximum absolute atomic E-state index is 12.3. The van der Waals surface area contributed by atoms with Crippen molar-refractivity contribution in [3.8, 4) is 0 Å². The van der Waals surface area contributed by atoms with Crippen LogP contribution >= 0.6 is 12.4 Å². The molecule has 156 valence electrons. The van der Waals surface area contributed by atoms with Crippen molar-refractivity contribution >= 4 is 18.3 Å². The Balaban J connectivity index is 0.00000240. The van der Waals surface area contributed by atoms with E-state index in [1.807, 2.05) is 0 Å². The second kappa shape index (κ2) is 10.2. The molecule has 2 aliphatic rings. The van der Waals surface area contributed by atoms with Gasteiger partial charge in [-0.1, -0.05) is 24.3 Å². The summed E-state index contributed by atoms with van der Waals surface area (Å²) in [7, 11) is 0. The maximum Gasteiger partial charge on any atom is 0.224 e. The predicted molar refractivity (Wildman–Crippen MR) is 118 cm³/mol. The summed E-state index contributed by atoms with van der Waals surface area (Å²) in [6, 6.07) is 8.51. The van der Waals surface area contributed by atoms with Crippen LogP contribution in [0.1, 0.15) is 46.7 Å². The zero-order valence-electron chi connectivity index (χ0n) is 17.2. The summed E-state index contributed by atoms with van der Waals surface area (Å²) in [5.41, 5.74) is 6.08. The highest BCUT2D eigenvalue weighted by Gasteiger charge is 2.17. The number of nitrogens with zero attached hydrogens (tertiary/aromatic N) is 2. The molecule has 1 aromatic carbocycles. The third kappa shape index (κ3) is 5.77. The highest BCUT2D eigenvalue weighted by atomic mass is 35.5. The van der Waals surface area contributed by atoms with Gasteiger partial charge in [-0.25, -0.2) is 9.97 Å². The van der Waals surface area contributed by atoms with Gasteiger partial charge in [0, 0.05) is 24.4 Å². The monoisotopic (exact) mass is 414 g/mol. The van der Waals surface area contributed by atoms with Crippen LogP contribution < -0.4 is 10.6 Å². The first-order valence-electron chi connectivity index (χ1n) is 10.6. The fourth-order valence-corrected chi connectivity index (χ4v) is 4.37. The lowest BCUT2D eigenvalue weighted by Crippen LogP contribution is -2.27. The molecule has 0 spiro atoms. The molecule has 0 bridgehead atoms. The van der Waals surface area contributed by atoms with E-state index >= 15 is 0 Å². The fraction of sp³-hybridized carbons (Fsp3) is 0.522. The number of fused-ring (bicyclic) bond motifs is 1. The Morgan fingerprint density at radius 2 is 1.97 bits per heavy atom. The molecule has 2 N–H and O–H groups in total. The Morgan fingerprint density at radius 1 is 1.17 bits per heavy atom. The van der Waals surface area contributed by atoms with Gasteiger partial charge in [0.25, 0.3) is 0 Å². The molecule has 1 atom stereocenters. The summed E-state index contributed by atoms with van der Waals surface area (Å²) >= 11 is 0. The lowest BCUT2D eigenvalue weighted by atomic mass is 9.97. The van der Waals surface area contributed by atoms with E-state index in [1.165, 1.54) is 29.7 Å². The lowest BCUT2D eigenvalue weighted by molar-refractivity contribution is -0.120. The van der Waals surface area contributed by atoms with Crippen LogP contribution in [0.3, 0.4) is 0 Å². The first-order chi connectivity index (χ1) is 13.7. The highest BCUT2D eigenvalue weighted by Crippen LogP contribution is 2.22. The zero-order chi connectivity index (χ0) is 19.3. The molecule has 5 nitrogen and oxygen atoms in total. The maximum atomic E-state index is 12.3. The third-order valence-corrected chi connectivity index (χ3v) is 5.93. The van der Waals surface area contributed by atoms with Crippen molar-refractivity contribution in [2.75, 3.05) is 19.6 Å². The molecule has 1 saturated heterocycles. The molecule has 1 aliphatic carbocycles. The van der Waals surface area contributed by atoms with E-state index in [0.717, 1.165) is 55.4 Å². The van der Waals surface area contributed by atoms with Crippen LogP contribution in [-0.2, 0) is 36.9 Å². The minimum absolute atomic E-state index is 0. The minimum Gasteiger partial charge on any atom is -0.355 e. The van der Waals surface area contributed by atoms with E-state index in [1.54, 1.807) is 0 Å². The Hall–Kier alpha value is -1.98. The Bertz CT molecular complexity index is 832. The molecule has 2 heterocycles. The normalized spacial score (nSPS) is 17.6. The van der Waals surface area contributed by atoms with Crippen molar-refractivity contribution in [1.29, 1.82) is 0 Å². The van der Waals surface area contributed by atoms with Gasteiger partial charge in [0.1, 0.15) is 5.82 Å². The molecule has 0 radical (unpaired) electrons. The second-order valence-electron chi connectivity index (χ2n) is 8.16. The zero-order valence-corrected chi connectivity index (χ0v) is 18.0. The van der Waals surface area contributed by atoms with E-state index in [4.69, 9.17) is 0 Å². The second-order valence-corrected chi connectivity index (χ2v) is 8.16. The van der Waals surface area contributed by atoms with Gasteiger partial charge in [0.15, 0.2) is 0 Å². The third-order valence-electron chi connectivity index (χ3n) is 5.93. The van der Waals surface area contributed by atoms with E-state index in [2.05, 4.69) is 51.8 Å². The molecule has 4 rings (SSSR count). The van der Waals surface area contributed by atoms with Gasteiger partial charge in [0.05, 0.1) is 6.42 Å². The first-order valence-corrected chi connectivity index (χ1v) is 10.6. The van der Waals surface area contributed by atoms with Crippen LogP contribution in [0.15, 0.2) is 24.3 Å². The van der Waals surface area contributed by atoms with Crippen molar-refractivity contribution < 1.29 is 4.79 Å². The van der Waals surface area contributed by atoms with Gasteiger partial charge in [-0.3, -0.25) is 4.79 Å². The SMILES string of the molecule is Cc1nc(CCNC(=O)Cc2ccc(CC3CCNC3)cc2)nc2c1CCC2.Cl. The smallest absolute Gasteiger partial charge is 0.224 e. The topological polar surface area (TPSA) is 66.9 Å². The minimum atomic E-state index is 0. The number of nitrogens with one attached hydrogen (secondary N) is 2. The number of aromatic nitrogens is 2. The van der Waals surface area contributed by atoms with Crippen molar-refractivity contribution in [1.82, 2.24) is 20.6 Å². The summed E-state index contributed by atoms with van der Waals surface area (Å²) in [6.07, 6.45) is 6.85. The molecule has 29 heavy (non-hydrogen) atoms.